The summed E-state index contributed by atoms with van der Waals surface area (Å²) in [4.78, 5) is 28.9. The predicted molar refractivity (Wildman–Crippen MR) is 99.9 cm³/mol. The maximum absolute atomic E-state index is 12.4. The lowest BCUT2D eigenvalue weighted by atomic mass is 10.2. The number of para-hydroxylation sites is 1. The molecular weight excluding hydrogens is 384 g/mol. The second-order valence-electron chi connectivity index (χ2n) is 5.59. The number of amidine groups is 1. The van der Waals surface area contributed by atoms with Crippen LogP contribution in [-0.4, -0.2) is 23.7 Å². The molecule has 2 amide bonds. The largest absolute Gasteiger partial charge is 0.345 e. The third kappa shape index (κ3) is 4.06. The summed E-state index contributed by atoms with van der Waals surface area (Å²) in [5.74, 6) is -0.457. The molecule has 0 radical (unpaired) electrons. The number of benzene rings is 2. The number of rotatable bonds is 4. The van der Waals surface area contributed by atoms with Gasteiger partial charge in [-0.15, -0.1) is 0 Å². The Balaban J connectivity index is 1.71. The van der Waals surface area contributed by atoms with Crippen molar-refractivity contribution in [3.8, 4) is 0 Å². The minimum Gasteiger partial charge on any atom is -0.345 e. The summed E-state index contributed by atoms with van der Waals surface area (Å²) in [7, 11) is 0. The minimum absolute atomic E-state index is 0.117. The Bertz CT molecular complexity index is 823. The molecule has 3 rings (SSSR count). The van der Waals surface area contributed by atoms with E-state index in [0.29, 0.717) is 12.2 Å². The van der Waals surface area contributed by atoms with Crippen molar-refractivity contribution in [2.75, 3.05) is 5.01 Å². The van der Waals surface area contributed by atoms with Gasteiger partial charge in [-0.25, -0.2) is 10.0 Å². The van der Waals surface area contributed by atoms with E-state index in [9.17, 15) is 9.59 Å². The zero-order valence-corrected chi connectivity index (χ0v) is 15.2. The fourth-order valence-electron chi connectivity index (χ4n) is 2.42. The highest BCUT2D eigenvalue weighted by Gasteiger charge is 2.30. The molecule has 2 aromatic rings. The topological polar surface area (TPSA) is 73.8 Å². The van der Waals surface area contributed by atoms with Gasteiger partial charge in [0.1, 0.15) is 6.04 Å². The van der Waals surface area contributed by atoms with Crippen LogP contribution in [0.5, 0.6) is 0 Å². The Morgan fingerprint density at radius 2 is 2.00 bits per heavy atom. The number of halogens is 1. The van der Waals surface area contributed by atoms with Gasteiger partial charge in [-0.3, -0.25) is 15.0 Å². The van der Waals surface area contributed by atoms with Crippen molar-refractivity contribution in [1.29, 1.82) is 0 Å². The Morgan fingerprint density at radius 3 is 2.72 bits per heavy atom. The molecule has 0 bridgehead atoms. The Morgan fingerprint density at radius 1 is 1.24 bits per heavy atom. The van der Waals surface area contributed by atoms with Crippen molar-refractivity contribution in [2.24, 2.45) is 4.99 Å². The van der Waals surface area contributed by atoms with Crippen molar-refractivity contribution < 1.29 is 9.59 Å². The van der Waals surface area contributed by atoms with Crippen LogP contribution < -0.4 is 15.8 Å². The van der Waals surface area contributed by atoms with Gasteiger partial charge in [0, 0.05) is 11.0 Å². The van der Waals surface area contributed by atoms with E-state index < -0.39 is 6.04 Å². The van der Waals surface area contributed by atoms with Crippen LogP contribution in [0.4, 0.5) is 5.69 Å². The van der Waals surface area contributed by atoms with Crippen molar-refractivity contribution in [1.82, 2.24) is 10.7 Å². The average Bonchev–Trinajstić information content (AvgIpc) is 2.62. The number of hydrogen-bond acceptors (Lipinski definition) is 4. The van der Waals surface area contributed by atoms with E-state index in [1.54, 1.807) is 19.1 Å². The smallest absolute Gasteiger partial charge is 0.288 e. The molecule has 6 nitrogen and oxygen atoms in total. The number of nitrogens with one attached hydrogen (secondary N) is 2. The molecule has 7 heteroatoms. The van der Waals surface area contributed by atoms with Crippen molar-refractivity contribution in [2.45, 2.75) is 19.5 Å². The fraction of sp³-hybridized carbons (Fsp3) is 0.167. The highest BCUT2D eigenvalue weighted by atomic mass is 79.9. The van der Waals surface area contributed by atoms with Gasteiger partial charge in [0.2, 0.25) is 5.84 Å². The zero-order valence-electron chi connectivity index (χ0n) is 13.6. The molecule has 0 saturated heterocycles. The first-order valence-electron chi connectivity index (χ1n) is 7.81. The van der Waals surface area contributed by atoms with Gasteiger partial charge < -0.3 is 5.32 Å². The molecular formula is C18H17BrN4O2. The number of hydrazine groups is 1. The SMILES string of the molecule is CC1N=C(C(=O)NCc2cccc(Br)c2)NN(c2ccccc2)C1=O. The van der Waals surface area contributed by atoms with Crippen LogP contribution in [0.1, 0.15) is 12.5 Å². The van der Waals surface area contributed by atoms with Gasteiger partial charge in [-0.05, 0) is 36.8 Å². The van der Waals surface area contributed by atoms with Crippen LogP contribution >= 0.6 is 15.9 Å². The summed E-state index contributed by atoms with van der Waals surface area (Å²) >= 11 is 3.40. The minimum atomic E-state index is -0.631. The van der Waals surface area contributed by atoms with Crippen molar-refractivity contribution in [3.05, 3.63) is 64.6 Å². The predicted octanol–water partition coefficient (Wildman–Crippen LogP) is 2.40. The lowest BCUT2D eigenvalue weighted by Crippen LogP contribution is -2.57. The summed E-state index contributed by atoms with van der Waals surface area (Å²) in [6.45, 7) is 2.04. The highest BCUT2D eigenvalue weighted by Crippen LogP contribution is 2.16. The zero-order chi connectivity index (χ0) is 17.8. The maximum Gasteiger partial charge on any atom is 0.288 e. The van der Waals surface area contributed by atoms with E-state index in [2.05, 4.69) is 31.7 Å². The van der Waals surface area contributed by atoms with E-state index in [1.807, 2.05) is 42.5 Å². The number of carbonyl (C=O) groups is 2. The van der Waals surface area contributed by atoms with Gasteiger partial charge in [0.25, 0.3) is 11.8 Å². The Hall–Kier alpha value is -2.67. The molecule has 25 heavy (non-hydrogen) atoms. The third-order valence-corrected chi connectivity index (χ3v) is 4.18. The van der Waals surface area contributed by atoms with Crippen LogP contribution in [0, 0.1) is 0 Å². The molecule has 0 aromatic heterocycles. The van der Waals surface area contributed by atoms with Gasteiger partial charge in [0.15, 0.2) is 0 Å². The van der Waals surface area contributed by atoms with Gasteiger partial charge in [-0.2, -0.15) is 0 Å². The fourth-order valence-corrected chi connectivity index (χ4v) is 2.86. The molecule has 0 saturated carbocycles. The standard InChI is InChI=1S/C18H17BrN4O2/c1-12-18(25)23(15-8-3-2-4-9-15)22-16(21-12)17(24)20-11-13-6-5-7-14(19)10-13/h2-10,12H,11H2,1H3,(H,20,24)(H,21,22). The first-order chi connectivity index (χ1) is 12.0. The molecule has 1 aliphatic heterocycles. The molecule has 128 valence electrons. The molecule has 0 aliphatic carbocycles. The second-order valence-corrected chi connectivity index (χ2v) is 6.50. The third-order valence-electron chi connectivity index (χ3n) is 3.69. The van der Waals surface area contributed by atoms with Crippen LogP contribution in [-0.2, 0) is 16.1 Å². The molecule has 2 N–H and O–H groups in total. The molecule has 2 aromatic carbocycles. The summed E-state index contributed by atoms with van der Waals surface area (Å²) in [5, 5.41) is 4.17. The van der Waals surface area contributed by atoms with Crippen molar-refractivity contribution >= 4 is 39.3 Å². The number of nitrogens with zero attached hydrogens (tertiary/aromatic N) is 2. The molecule has 1 unspecified atom stereocenters. The molecule has 1 aliphatic rings. The second kappa shape index (κ2) is 7.48. The van der Waals surface area contributed by atoms with Gasteiger partial charge in [-0.1, -0.05) is 46.3 Å². The monoisotopic (exact) mass is 400 g/mol. The Kier molecular flexibility index (Phi) is 5.14. The molecule has 0 fully saturated rings. The number of amides is 2. The molecule has 0 spiro atoms. The van der Waals surface area contributed by atoms with E-state index in [0.717, 1.165) is 10.0 Å². The maximum atomic E-state index is 12.4. The number of aliphatic imine (C=N–C) groups is 1. The molecule has 1 heterocycles. The van der Waals surface area contributed by atoms with Gasteiger partial charge in [0.05, 0.1) is 5.69 Å². The van der Waals surface area contributed by atoms with Crippen LogP contribution in [0.15, 0.2) is 64.1 Å². The summed E-state index contributed by atoms with van der Waals surface area (Å²) in [5.41, 5.74) is 4.43. The van der Waals surface area contributed by atoms with E-state index in [-0.39, 0.29) is 17.6 Å². The quantitative estimate of drug-likeness (QED) is 0.827. The number of anilines is 1. The first kappa shape index (κ1) is 17.2. The van der Waals surface area contributed by atoms with Gasteiger partial charge >= 0.3 is 0 Å². The lowest BCUT2D eigenvalue weighted by Gasteiger charge is -2.30. The highest BCUT2D eigenvalue weighted by molar-refractivity contribution is 9.10. The first-order valence-corrected chi connectivity index (χ1v) is 8.60. The van der Waals surface area contributed by atoms with Crippen LogP contribution in [0.2, 0.25) is 0 Å². The number of carbonyl (C=O) groups excluding carboxylic acids is 2. The average molecular weight is 401 g/mol. The number of hydrogen-bond donors (Lipinski definition) is 2. The van der Waals surface area contributed by atoms with Crippen molar-refractivity contribution in [3.63, 3.8) is 0 Å². The normalized spacial score (nSPS) is 16.9. The Labute approximate surface area is 154 Å². The lowest BCUT2D eigenvalue weighted by molar-refractivity contribution is -0.120. The van der Waals surface area contributed by atoms with E-state index >= 15 is 0 Å². The summed E-state index contributed by atoms with van der Waals surface area (Å²) in [6.07, 6.45) is 0. The van der Waals surface area contributed by atoms with E-state index in [4.69, 9.17) is 0 Å². The summed E-state index contributed by atoms with van der Waals surface area (Å²) < 4.78 is 0.946. The van der Waals surface area contributed by atoms with Crippen LogP contribution in [0.3, 0.4) is 0 Å². The van der Waals surface area contributed by atoms with Crippen LogP contribution in [0.25, 0.3) is 0 Å². The summed E-state index contributed by atoms with van der Waals surface area (Å²) in [6, 6.07) is 16.1. The van der Waals surface area contributed by atoms with E-state index in [1.165, 1.54) is 5.01 Å². The molecule has 1 atom stereocenters.